The van der Waals surface area contributed by atoms with Gasteiger partial charge in [0, 0.05) is 30.9 Å². The molecule has 29 heavy (non-hydrogen) atoms. The van der Waals surface area contributed by atoms with E-state index in [1.54, 1.807) is 24.3 Å². The summed E-state index contributed by atoms with van der Waals surface area (Å²) in [5.74, 6) is -2.20. The highest BCUT2D eigenvalue weighted by atomic mass is 16.4. The van der Waals surface area contributed by atoms with Crippen LogP contribution in [-0.4, -0.2) is 64.3 Å². The molecule has 0 aromatic heterocycles. The Hall–Kier alpha value is -3.22. The molecule has 7 nitrogen and oxygen atoms in total. The third kappa shape index (κ3) is 4.99. The SMILES string of the molecule is CCN(CC)c1ccc(N=C2C=CC(=[N+](CC)CC)C=C2C(=O)O)c(C(=O)O)c1. The van der Waals surface area contributed by atoms with E-state index in [0.717, 1.165) is 37.6 Å². The Morgan fingerprint density at radius 2 is 1.66 bits per heavy atom. The molecule has 0 spiro atoms. The third-order valence-corrected chi connectivity index (χ3v) is 4.92. The number of rotatable bonds is 8. The van der Waals surface area contributed by atoms with Crippen LogP contribution in [-0.2, 0) is 4.79 Å². The van der Waals surface area contributed by atoms with Crippen molar-refractivity contribution in [3.63, 3.8) is 0 Å². The van der Waals surface area contributed by atoms with E-state index < -0.39 is 11.9 Å². The predicted molar refractivity (Wildman–Crippen MR) is 115 cm³/mol. The Labute approximate surface area is 171 Å². The lowest BCUT2D eigenvalue weighted by molar-refractivity contribution is -0.519. The van der Waals surface area contributed by atoms with Gasteiger partial charge in [0.05, 0.1) is 22.5 Å². The van der Waals surface area contributed by atoms with Gasteiger partial charge < -0.3 is 15.1 Å². The van der Waals surface area contributed by atoms with Gasteiger partial charge in [-0.2, -0.15) is 0 Å². The Morgan fingerprint density at radius 3 is 2.17 bits per heavy atom. The molecule has 1 aromatic rings. The molecule has 0 amide bonds. The van der Waals surface area contributed by atoms with Crippen LogP contribution in [0.5, 0.6) is 0 Å². The molecule has 2 N–H and O–H groups in total. The number of allylic oxidation sites excluding steroid dienone is 3. The van der Waals surface area contributed by atoms with Crippen LogP contribution in [0.2, 0.25) is 0 Å². The van der Waals surface area contributed by atoms with Crippen molar-refractivity contribution in [3.05, 3.63) is 47.6 Å². The Balaban J connectivity index is 2.56. The summed E-state index contributed by atoms with van der Waals surface area (Å²) in [5.41, 5.74) is 2.12. The van der Waals surface area contributed by atoms with Crippen molar-refractivity contribution < 1.29 is 24.4 Å². The van der Waals surface area contributed by atoms with Crippen LogP contribution in [0.25, 0.3) is 0 Å². The summed E-state index contributed by atoms with van der Waals surface area (Å²) in [5, 5.41) is 19.3. The zero-order valence-corrected chi connectivity index (χ0v) is 17.3. The van der Waals surface area contributed by atoms with E-state index in [1.807, 2.05) is 49.3 Å². The molecule has 0 heterocycles. The first-order valence-electron chi connectivity index (χ1n) is 9.82. The quantitative estimate of drug-likeness (QED) is 0.517. The van der Waals surface area contributed by atoms with Gasteiger partial charge >= 0.3 is 11.9 Å². The van der Waals surface area contributed by atoms with Gasteiger partial charge in [-0.05, 0) is 52.0 Å². The third-order valence-electron chi connectivity index (χ3n) is 4.92. The first-order chi connectivity index (χ1) is 13.9. The van der Waals surface area contributed by atoms with Gasteiger partial charge in [0.2, 0.25) is 5.71 Å². The lowest BCUT2D eigenvalue weighted by atomic mass is 10.0. The highest BCUT2D eigenvalue weighted by Crippen LogP contribution is 2.27. The standard InChI is InChI=1S/C22H27N3O4/c1-5-24(6-2)15-9-11-19(17(13-15)21(26)27)23-20-12-10-16(25(7-3)8-4)14-18(20)22(28)29/h9-14H,5-8H2,1-4H3,(H-,26,27,28,29)/p+1. The number of hydrogen-bond acceptors (Lipinski definition) is 4. The fourth-order valence-corrected chi connectivity index (χ4v) is 3.29. The number of carboxylic acids is 2. The fourth-order valence-electron chi connectivity index (χ4n) is 3.29. The highest BCUT2D eigenvalue weighted by molar-refractivity contribution is 6.31. The molecule has 0 bridgehead atoms. The van der Waals surface area contributed by atoms with E-state index in [0.29, 0.717) is 0 Å². The summed E-state index contributed by atoms with van der Waals surface area (Å²) in [6.07, 6.45) is 5.02. The van der Waals surface area contributed by atoms with Crippen molar-refractivity contribution in [2.75, 3.05) is 31.1 Å². The predicted octanol–water partition coefficient (Wildman–Crippen LogP) is 3.38. The molecular weight excluding hydrogens is 370 g/mol. The summed E-state index contributed by atoms with van der Waals surface area (Å²) in [7, 11) is 0. The summed E-state index contributed by atoms with van der Waals surface area (Å²) < 4.78 is 2.04. The number of aromatic carboxylic acids is 1. The van der Waals surface area contributed by atoms with Crippen molar-refractivity contribution >= 4 is 34.7 Å². The molecule has 0 unspecified atom stereocenters. The van der Waals surface area contributed by atoms with E-state index in [9.17, 15) is 19.8 Å². The number of carbonyl (C=O) groups is 2. The van der Waals surface area contributed by atoms with Crippen molar-refractivity contribution in [1.82, 2.24) is 0 Å². The Bertz CT molecular complexity index is 916. The molecule has 0 aliphatic heterocycles. The van der Waals surface area contributed by atoms with Crippen LogP contribution in [0.4, 0.5) is 11.4 Å². The number of benzene rings is 1. The molecule has 154 valence electrons. The van der Waals surface area contributed by atoms with Crippen LogP contribution < -0.4 is 4.90 Å². The maximum atomic E-state index is 11.8. The lowest BCUT2D eigenvalue weighted by Crippen LogP contribution is -2.24. The molecule has 0 fully saturated rings. The summed E-state index contributed by atoms with van der Waals surface area (Å²) in [4.78, 5) is 30.0. The van der Waals surface area contributed by atoms with Crippen LogP contribution >= 0.6 is 0 Å². The van der Waals surface area contributed by atoms with Gasteiger partial charge in [-0.3, -0.25) is 0 Å². The number of carboxylic acid groups (broad SMARTS) is 2. The van der Waals surface area contributed by atoms with Gasteiger partial charge in [0.15, 0.2) is 0 Å². The van der Waals surface area contributed by atoms with E-state index >= 15 is 0 Å². The second-order valence-electron chi connectivity index (χ2n) is 6.47. The Morgan fingerprint density at radius 1 is 1.00 bits per heavy atom. The first-order valence-corrected chi connectivity index (χ1v) is 9.82. The summed E-state index contributed by atoms with van der Waals surface area (Å²) in [6, 6.07) is 5.02. The number of hydrogen-bond donors (Lipinski definition) is 2. The molecule has 1 aliphatic rings. The average molecular weight is 398 g/mol. The first kappa shape index (κ1) is 22.1. The maximum absolute atomic E-state index is 11.8. The van der Waals surface area contributed by atoms with Crippen LogP contribution in [0.1, 0.15) is 38.1 Å². The van der Waals surface area contributed by atoms with Crippen molar-refractivity contribution in [2.24, 2.45) is 4.99 Å². The van der Waals surface area contributed by atoms with Gasteiger partial charge in [-0.25, -0.2) is 19.2 Å². The van der Waals surface area contributed by atoms with Crippen LogP contribution in [0.15, 0.2) is 47.0 Å². The average Bonchev–Trinajstić information content (AvgIpc) is 2.71. The molecule has 0 saturated heterocycles. The highest BCUT2D eigenvalue weighted by Gasteiger charge is 2.22. The summed E-state index contributed by atoms with van der Waals surface area (Å²) in [6.45, 7) is 11.0. The van der Waals surface area contributed by atoms with Gasteiger partial charge in [0.1, 0.15) is 13.1 Å². The number of aliphatic carboxylic acids is 1. The lowest BCUT2D eigenvalue weighted by Gasteiger charge is -2.21. The zero-order chi connectivity index (χ0) is 21.6. The van der Waals surface area contributed by atoms with E-state index in [-0.39, 0.29) is 22.5 Å². The van der Waals surface area contributed by atoms with Crippen molar-refractivity contribution in [3.8, 4) is 0 Å². The van der Waals surface area contributed by atoms with Gasteiger partial charge in [0.25, 0.3) is 0 Å². The minimum Gasteiger partial charge on any atom is -0.478 e. The zero-order valence-electron chi connectivity index (χ0n) is 17.3. The van der Waals surface area contributed by atoms with E-state index in [1.165, 1.54) is 0 Å². The number of nitrogens with zero attached hydrogens (tertiary/aromatic N) is 3. The normalized spacial score (nSPS) is 14.7. The molecule has 0 atom stereocenters. The molecule has 0 radical (unpaired) electrons. The fraction of sp³-hybridized carbons (Fsp3) is 0.364. The number of anilines is 1. The largest absolute Gasteiger partial charge is 0.478 e. The number of aliphatic imine (C=N–C) groups is 1. The second kappa shape index (κ2) is 9.82. The molecule has 2 rings (SSSR count). The van der Waals surface area contributed by atoms with Crippen LogP contribution in [0.3, 0.4) is 0 Å². The van der Waals surface area contributed by atoms with E-state index in [4.69, 9.17) is 0 Å². The van der Waals surface area contributed by atoms with E-state index in [2.05, 4.69) is 4.99 Å². The molecule has 1 aromatic carbocycles. The van der Waals surface area contributed by atoms with Gasteiger partial charge in [-0.1, -0.05) is 0 Å². The molecule has 7 heteroatoms. The van der Waals surface area contributed by atoms with Crippen molar-refractivity contribution in [1.29, 1.82) is 0 Å². The molecule has 1 aliphatic carbocycles. The van der Waals surface area contributed by atoms with Crippen LogP contribution in [0, 0.1) is 0 Å². The van der Waals surface area contributed by atoms with Gasteiger partial charge in [-0.15, -0.1) is 0 Å². The smallest absolute Gasteiger partial charge is 0.338 e. The topological polar surface area (TPSA) is 93.2 Å². The second-order valence-corrected chi connectivity index (χ2v) is 6.47. The van der Waals surface area contributed by atoms with Crippen molar-refractivity contribution in [2.45, 2.75) is 27.7 Å². The minimum atomic E-state index is -1.10. The monoisotopic (exact) mass is 398 g/mol. The maximum Gasteiger partial charge on any atom is 0.338 e. The minimum absolute atomic E-state index is 0.0403. The Kier molecular flexibility index (Phi) is 7.47. The summed E-state index contributed by atoms with van der Waals surface area (Å²) >= 11 is 0. The molecule has 0 saturated carbocycles. The molecular formula is C22H28N3O4+.